The number of ether oxygens (including phenoxy) is 1. The number of hydrogen-bond acceptors (Lipinski definition) is 4. The molecule has 1 unspecified atom stereocenters. The maximum Gasteiger partial charge on any atom is 0.294 e. The Morgan fingerprint density at radius 1 is 1.12 bits per heavy atom. The first-order valence-electron chi connectivity index (χ1n) is 8.04. The molecule has 0 saturated heterocycles. The van der Waals surface area contributed by atoms with Gasteiger partial charge in [-0.2, -0.15) is 0 Å². The molecule has 4 nitrogen and oxygen atoms in total. The van der Waals surface area contributed by atoms with E-state index in [0.717, 1.165) is 18.4 Å². The van der Waals surface area contributed by atoms with Crippen molar-refractivity contribution in [1.82, 2.24) is 0 Å². The number of carbonyl (C=O) groups is 3. The van der Waals surface area contributed by atoms with Gasteiger partial charge in [0.15, 0.2) is 0 Å². The van der Waals surface area contributed by atoms with Crippen LogP contribution in [0.5, 0.6) is 0 Å². The second-order valence-corrected chi connectivity index (χ2v) is 6.26. The van der Waals surface area contributed by atoms with Crippen LogP contribution in [0.1, 0.15) is 59.9 Å². The number of allylic oxidation sites excluding steroid dienone is 4. The van der Waals surface area contributed by atoms with Crippen LogP contribution < -0.4 is 0 Å². The van der Waals surface area contributed by atoms with Crippen LogP contribution in [0.3, 0.4) is 0 Å². The van der Waals surface area contributed by atoms with Gasteiger partial charge in [0.2, 0.25) is 17.7 Å². The van der Waals surface area contributed by atoms with E-state index < -0.39 is 17.7 Å². The summed E-state index contributed by atoms with van der Waals surface area (Å²) in [6, 6.07) is 5.21. The van der Waals surface area contributed by atoms with E-state index >= 15 is 0 Å². The summed E-state index contributed by atoms with van der Waals surface area (Å²) >= 11 is 0. The van der Waals surface area contributed by atoms with Gasteiger partial charge in [-0.05, 0) is 45.6 Å². The zero-order valence-electron chi connectivity index (χ0n) is 14.3. The number of hydrogen-bond donors (Lipinski definition) is 0. The average Bonchev–Trinajstić information content (AvgIpc) is 2.78. The Bertz CT molecular complexity index is 721. The number of rotatable bonds is 7. The number of ketones is 2. The Labute approximate surface area is 142 Å². The van der Waals surface area contributed by atoms with Crippen molar-refractivity contribution in [3.63, 3.8) is 0 Å². The first-order valence-corrected chi connectivity index (χ1v) is 8.04. The summed E-state index contributed by atoms with van der Waals surface area (Å²) in [6.45, 7) is 6.37. The third-order valence-electron chi connectivity index (χ3n) is 4.09. The standard InChI is InChI=1S/C20H22O4/c1-13(2)6-4-7-14(3)10-11-15-8-5-9-16-17(15)19(23)20(18(16)22)24-12-21/h5-6,8-10,12,20H,4,7,11H2,1-3H3/b14-10+. The molecule has 0 heterocycles. The van der Waals surface area contributed by atoms with Crippen molar-refractivity contribution in [2.75, 3.05) is 0 Å². The molecule has 1 aromatic carbocycles. The summed E-state index contributed by atoms with van der Waals surface area (Å²) in [6.07, 6.45) is 5.49. The van der Waals surface area contributed by atoms with E-state index in [1.807, 2.05) is 6.07 Å². The number of Topliss-reactive ketones (excluding diaryl/α,β-unsaturated/α-hetero) is 2. The molecule has 4 heteroatoms. The molecule has 1 atom stereocenters. The highest BCUT2D eigenvalue weighted by molar-refractivity contribution is 6.29. The minimum Gasteiger partial charge on any atom is -0.448 e. The fourth-order valence-electron chi connectivity index (χ4n) is 2.81. The van der Waals surface area contributed by atoms with E-state index in [2.05, 4.69) is 37.7 Å². The molecule has 1 aliphatic carbocycles. The summed E-state index contributed by atoms with van der Waals surface area (Å²) in [7, 11) is 0. The van der Waals surface area contributed by atoms with E-state index in [1.165, 1.54) is 11.1 Å². The zero-order valence-corrected chi connectivity index (χ0v) is 14.3. The third-order valence-corrected chi connectivity index (χ3v) is 4.09. The predicted octanol–water partition coefficient (Wildman–Crippen LogP) is 3.84. The van der Waals surface area contributed by atoms with Gasteiger partial charge in [0.25, 0.3) is 6.47 Å². The lowest BCUT2D eigenvalue weighted by atomic mass is 9.98. The van der Waals surface area contributed by atoms with Gasteiger partial charge >= 0.3 is 0 Å². The highest BCUT2D eigenvalue weighted by Gasteiger charge is 2.41. The topological polar surface area (TPSA) is 60.4 Å². The van der Waals surface area contributed by atoms with Gasteiger partial charge in [0.05, 0.1) is 0 Å². The van der Waals surface area contributed by atoms with Gasteiger partial charge in [0, 0.05) is 11.1 Å². The molecule has 2 rings (SSSR count). The van der Waals surface area contributed by atoms with E-state index in [-0.39, 0.29) is 6.47 Å². The van der Waals surface area contributed by atoms with Gasteiger partial charge < -0.3 is 4.74 Å². The van der Waals surface area contributed by atoms with E-state index in [0.29, 0.717) is 17.5 Å². The smallest absolute Gasteiger partial charge is 0.294 e. The molecular formula is C20H22O4. The van der Waals surface area contributed by atoms with Crippen molar-refractivity contribution in [2.24, 2.45) is 0 Å². The van der Waals surface area contributed by atoms with Crippen LogP contribution >= 0.6 is 0 Å². The highest BCUT2D eigenvalue weighted by atomic mass is 16.5. The molecule has 0 aliphatic heterocycles. The van der Waals surface area contributed by atoms with E-state index in [9.17, 15) is 14.4 Å². The Balaban J connectivity index is 2.17. The lowest BCUT2D eigenvalue weighted by Gasteiger charge is -2.06. The largest absolute Gasteiger partial charge is 0.448 e. The average molecular weight is 326 g/mol. The summed E-state index contributed by atoms with van der Waals surface area (Å²) in [5.74, 6) is -0.860. The molecule has 0 bridgehead atoms. The second-order valence-electron chi connectivity index (χ2n) is 6.26. The zero-order chi connectivity index (χ0) is 17.7. The first kappa shape index (κ1) is 17.9. The van der Waals surface area contributed by atoms with Crippen LogP contribution in [-0.2, 0) is 16.0 Å². The fraction of sp³-hybridized carbons (Fsp3) is 0.350. The second kappa shape index (κ2) is 7.86. The Kier molecular flexibility index (Phi) is 5.85. The molecule has 24 heavy (non-hydrogen) atoms. The Hall–Kier alpha value is -2.49. The normalized spacial score (nSPS) is 16.8. The van der Waals surface area contributed by atoms with Crippen molar-refractivity contribution < 1.29 is 19.1 Å². The summed E-state index contributed by atoms with van der Waals surface area (Å²) in [4.78, 5) is 35.1. The van der Waals surface area contributed by atoms with Crippen LogP contribution in [0, 0.1) is 0 Å². The molecule has 126 valence electrons. The minimum absolute atomic E-state index is 0.152. The SMILES string of the molecule is CC(C)=CCC/C(C)=C/Cc1cccc2c1C(=O)C(OC=O)C2=O. The lowest BCUT2D eigenvalue weighted by molar-refractivity contribution is -0.130. The van der Waals surface area contributed by atoms with Gasteiger partial charge in [0.1, 0.15) is 0 Å². The maximum absolute atomic E-state index is 12.4. The van der Waals surface area contributed by atoms with Crippen LogP contribution in [0.4, 0.5) is 0 Å². The molecule has 1 aromatic rings. The molecule has 0 fully saturated rings. The summed E-state index contributed by atoms with van der Waals surface area (Å²) < 4.78 is 4.66. The molecule has 0 spiro atoms. The van der Waals surface area contributed by atoms with E-state index in [1.54, 1.807) is 12.1 Å². The fourth-order valence-corrected chi connectivity index (χ4v) is 2.81. The molecule has 1 aliphatic rings. The molecule has 0 saturated carbocycles. The van der Waals surface area contributed by atoms with Gasteiger partial charge in [-0.15, -0.1) is 0 Å². The number of benzene rings is 1. The van der Waals surface area contributed by atoms with Crippen LogP contribution in [0.2, 0.25) is 0 Å². The van der Waals surface area contributed by atoms with Gasteiger partial charge in [-0.1, -0.05) is 41.5 Å². The molecule has 0 radical (unpaired) electrons. The Morgan fingerprint density at radius 2 is 1.88 bits per heavy atom. The predicted molar refractivity (Wildman–Crippen MR) is 92.2 cm³/mol. The maximum atomic E-state index is 12.4. The number of carbonyl (C=O) groups excluding carboxylic acids is 3. The monoisotopic (exact) mass is 326 g/mol. The Morgan fingerprint density at radius 3 is 2.54 bits per heavy atom. The third kappa shape index (κ3) is 3.88. The van der Waals surface area contributed by atoms with Crippen LogP contribution in [0.15, 0.2) is 41.5 Å². The molecule has 0 amide bonds. The van der Waals surface area contributed by atoms with E-state index in [4.69, 9.17) is 0 Å². The van der Waals surface area contributed by atoms with Crippen molar-refractivity contribution in [3.05, 3.63) is 58.2 Å². The van der Waals surface area contributed by atoms with Crippen molar-refractivity contribution in [3.8, 4) is 0 Å². The molecule has 0 aromatic heterocycles. The molecular weight excluding hydrogens is 304 g/mol. The summed E-state index contributed by atoms with van der Waals surface area (Å²) in [5.41, 5.74) is 4.07. The first-order chi connectivity index (χ1) is 11.5. The van der Waals surface area contributed by atoms with Crippen LogP contribution in [-0.4, -0.2) is 24.1 Å². The minimum atomic E-state index is -1.32. The van der Waals surface area contributed by atoms with Gasteiger partial charge in [-0.3, -0.25) is 14.4 Å². The van der Waals surface area contributed by atoms with Crippen molar-refractivity contribution >= 4 is 18.0 Å². The van der Waals surface area contributed by atoms with Crippen molar-refractivity contribution in [1.29, 1.82) is 0 Å². The quantitative estimate of drug-likeness (QED) is 0.434. The van der Waals surface area contributed by atoms with Gasteiger partial charge in [-0.25, -0.2) is 0 Å². The number of fused-ring (bicyclic) bond motifs is 1. The lowest BCUT2D eigenvalue weighted by Crippen LogP contribution is -2.25. The summed E-state index contributed by atoms with van der Waals surface area (Å²) in [5, 5.41) is 0. The highest BCUT2D eigenvalue weighted by Crippen LogP contribution is 2.28. The van der Waals surface area contributed by atoms with Crippen LogP contribution in [0.25, 0.3) is 0 Å². The molecule has 0 N–H and O–H groups in total. The van der Waals surface area contributed by atoms with Crippen molar-refractivity contribution in [2.45, 2.75) is 46.1 Å².